The second-order valence-corrected chi connectivity index (χ2v) is 5.09. The van der Waals surface area contributed by atoms with E-state index >= 15 is 0 Å². The zero-order valence-corrected chi connectivity index (χ0v) is 12.9. The highest BCUT2D eigenvalue weighted by atomic mass is 16.4. The van der Waals surface area contributed by atoms with Gasteiger partial charge in [0.15, 0.2) is 0 Å². The van der Waals surface area contributed by atoms with E-state index in [1.165, 1.54) is 0 Å². The molecule has 2 heterocycles. The van der Waals surface area contributed by atoms with Gasteiger partial charge in [0.1, 0.15) is 0 Å². The van der Waals surface area contributed by atoms with E-state index in [2.05, 4.69) is 15.3 Å². The molecule has 0 spiro atoms. The number of carbonyl (C=O) groups is 2. The minimum atomic E-state index is -0.944. The average Bonchev–Trinajstić information content (AvgIpc) is 2.52. The van der Waals surface area contributed by atoms with Crippen molar-refractivity contribution in [3.8, 4) is 0 Å². The Morgan fingerprint density at radius 1 is 1.48 bits per heavy atom. The Balaban J connectivity index is 0.000000816. The maximum absolute atomic E-state index is 11.1. The van der Waals surface area contributed by atoms with Crippen molar-refractivity contribution < 1.29 is 24.9 Å². The minimum absolute atomic E-state index is 0.250. The third-order valence-electron chi connectivity index (χ3n) is 3.42. The first-order valence-corrected chi connectivity index (χ1v) is 7.27. The molecule has 9 nitrogen and oxygen atoms in total. The SMILES string of the molecule is CCNc1ncc(CN2CC[C@@H](O)[C@H](C(=O)O)C2)cn1.O=CO. The van der Waals surface area contributed by atoms with E-state index in [4.69, 9.17) is 15.0 Å². The molecule has 23 heavy (non-hydrogen) atoms. The zero-order chi connectivity index (χ0) is 17.2. The summed E-state index contributed by atoms with van der Waals surface area (Å²) in [6, 6.07) is 0. The van der Waals surface area contributed by atoms with E-state index in [9.17, 15) is 9.90 Å². The topological polar surface area (TPSA) is 136 Å². The Bertz CT molecular complexity index is 496. The molecule has 1 aromatic rings. The molecule has 9 heteroatoms. The maximum atomic E-state index is 11.1. The van der Waals surface area contributed by atoms with Crippen LogP contribution < -0.4 is 5.32 Å². The fraction of sp³-hybridized carbons (Fsp3) is 0.571. The van der Waals surface area contributed by atoms with E-state index in [0.29, 0.717) is 32.0 Å². The van der Waals surface area contributed by atoms with Crippen LogP contribution in [0, 0.1) is 5.92 Å². The molecule has 0 aliphatic carbocycles. The summed E-state index contributed by atoms with van der Waals surface area (Å²) >= 11 is 0. The molecular formula is C14H22N4O5. The molecule has 1 aromatic heterocycles. The standard InChI is InChI=1S/C13H20N4O3.CH2O2/c1-2-14-13-15-5-9(6-16-13)7-17-4-3-11(18)10(8-17)12(19)20;2-1-3/h5-6,10-11,18H,2-4,7-8H2,1H3,(H,19,20)(H,14,15,16);1H,(H,2,3)/t10-,11-;/m1./s1. The number of rotatable bonds is 5. The molecule has 1 saturated heterocycles. The summed E-state index contributed by atoms with van der Waals surface area (Å²) < 4.78 is 0. The number of carboxylic acid groups (broad SMARTS) is 2. The average molecular weight is 326 g/mol. The van der Waals surface area contributed by atoms with E-state index < -0.39 is 18.0 Å². The quantitative estimate of drug-likeness (QED) is 0.546. The van der Waals surface area contributed by atoms with Gasteiger partial charge in [0.05, 0.1) is 12.0 Å². The first-order valence-electron chi connectivity index (χ1n) is 7.27. The van der Waals surface area contributed by atoms with Crippen molar-refractivity contribution in [2.45, 2.75) is 26.0 Å². The Hall–Kier alpha value is -2.26. The number of piperidine rings is 1. The Labute approximate surface area is 134 Å². The van der Waals surface area contributed by atoms with Crippen LogP contribution in [0.15, 0.2) is 12.4 Å². The number of aromatic nitrogens is 2. The van der Waals surface area contributed by atoms with E-state index in [0.717, 1.165) is 12.1 Å². The summed E-state index contributed by atoms with van der Waals surface area (Å²) in [5.41, 5.74) is 0.937. The van der Waals surface area contributed by atoms with Crippen LogP contribution in [0.5, 0.6) is 0 Å². The molecule has 0 aromatic carbocycles. The molecule has 0 unspecified atom stereocenters. The molecular weight excluding hydrogens is 304 g/mol. The number of aliphatic carboxylic acids is 1. The number of likely N-dealkylation sites (tertiary alicyclic amines) is 1. The molecule has 0 bridgehead atoms. The van der Waals surface area contributed by atoms with Crippen LogP contribution in [-0.4, -0.2) is 68.4 Å². The number of hydrogen-bond donors (Lipinski definition) is 4. The smallest absolute Gasteiger partial charge is 0.310 e. The predicted octanol–water partition coefficient (Wildman–Crippen LogP) is -0.123. The van der Waals surface area contributed by atoms with E-state index in [1.807, 2.05) is 11.8 Å². The highest BCUT2D eigenvalue weighted by Gasteiger charge is 2.32. The summed E-state index contributed by atoms with van der Waals surface area (Å²) in [7, 11) is 0. The Morgan fingerprint density at radius 2 is 2.09 bits per heavy atom. The van der Waals surface area contributed by atoms with Crippen molar-refractivity contribution in [3.63, 3.8) is 0 Å². The van der Waals surface area contributed by atoms with Gasteiger partial charge in [-0.05, 0) is 13.3 Å². The first-order chi connectivity index (χ1) is 11.0. The fourth-order valence-electron chi connectivity index (χ4n) is 2.34. The van der Waals surface area contributed by atoms with Crippen molar-refractivity contribution in [1.82, 2.24) is 14.9 Å². The van der Waals surface area contributed by atoms with Gasteiger partial charge in [-0.1, -0.05) is 0 Å². The van der Waals surface area contributed by atoms with Gasteiger partial charge in [-0.25, -0.2) is 9.97 Å². The van der Waals surface area contributed by atoms with Gasteiger partial charge in [-0.3, -0.25) is 14.5 Å². The number of aliphatic hydroxyl groups is 1. The molecule has 1 aliphatic rings. The van der Waals surface area contributed by atoms with Crippen molar-refractivity contribution in [3.05, 3.63) is 18.0 Å². The van der Waals surface area contributed by atoms with Gasteiger partial charge in [0.25, 0.3) is 6.47 Å². The van der Waals surface area contributed by atoms with Crippen molar-refractivity contribution >= 4 is 18.4 Å². The molecule has 0 amide bonds. The van der Waals surface area contributed by atoms with Gasteiger partial charge in [-0.2, -0.15) is 0 Å². The second-order valence-electron chi connectivity index (χ2n) is 5.09. The van der Waals surface area contributed by atoms with Gasteiger partial charge < -0.3 is 20.6 Å². The third kappa shape index (κ3) is 6.17. The van der Waals surface area contributed by atoms with E-state index in [-0.39, 0.29) is 6.47 Å². The summed E-state index contributed by atoms with van der Waals surface area (Å²) in [5.74, 6) is -1.07. The third-order valence-corrected chi connectivity index (χ3v) is 3.42. The van der Waals surface area contributed by atoms with Crippen molar-refractivity contribution in [1.29, 1.82) is 0 Å². The van der Waals surface area contributed by atoms with Crippen LogP contribution >= 0.6 is 0 Å². The van der Waals surface area contributed by atoms with Gasteiger partial charge in [0, 0.05) is 44.1 Å². The minimum Gasteiger partial charge on any atom is -0.483 e. The Morgan fingerprint density at radius 3 is 2.61 bits per heavy atom. The molecule has 0 saturated carbocycles. The van der Waals surface area contributed by atoms with E-state index in [1.54, 1.807) is 12.4 Å². The lowest BCUT2D eigenvalue weighted by Crippen LogP contribution is -2.46. The number of nitrogens with zero attached hydrogens (tertiary/aromatic N) is 3. The highest BCUT2D eigenvalue weighted by molar-refractivity contribution is 5.71. The number of nitrogens with one attached hydrogen (secondary N) is 1. The molecule has 2 rings (SSSR count). The highest BCUT2D eigenvalue weighted by Crippen LogP contribution is 2.19. The molecule has 1 fully saturated rings. The normalized spacial score (nSPS) is 21.0. The zero-order valence-electron chi connectivity index (χ0n) is 12.9. The summed E-state index contributed by atoms with van der Waals surface area (Å²) in [5, 5.41) is 28.7. The largest absolute Gasteiger partial charge is 0.483 e. The predicted molar refractivity (Wildman–Crippen MR) is 81.9 cm³/mol. The summed E-state index contributed by atoms with van der Waals surface area (Å²) in [6.07, 6.45) is 3.21. The van der Waals surface area contributed by atoms with Crippen molar-refractivity contribution in [2.75, 3.05) is 25.0 Å². The number of aliphatic hydroxyl groups excluding tert-OH is 1. The van der Waals surface area contributed by atoms with Crippen LogP contribution in [0.25, 0.3) is 0 Å². The lowest BCUT2D eigenvalue weighted by Gasteiger charge is -2.33. The molecule has 0 radical (unpaired) electrons. The number of anilines is 1. The van der Waals surface area contributed by atoms with Crippen LogP contribution in [0.3, 0.4) is 0 Å². The maximum Gasteiger partial charge on any atom is 0.310 e. The summed E-state index contributed by atoms with van der Waals surface area (Å²) in [4.78, 5) is 29.8. The molecule has 128 valence electrons. The van der Waals surface area contributed by atoms with Crippen LogP contribution in [0.2, 0.25) is 0 Å². The van der Waals surface area contributed by atoms with Gasteiger partial charge in [0.2, 0.25) is 5.95 Å². The number of carboxylic acids is 1. The van der Waals surface area contributed by atoms with Crippen LogP contribution in [0.1, 0.15) is 18.9 Å². The van der Waals surface area contributed by atoms with Crippen LogP contribution in [0.4, 0.5) is 5.95 Å². The van der Waals surface area contributed by atoms with Gasteiger partial charge >= 0.3 is 5.97 Å². The fourth-order valence-corrected chi connectivity index (χ4v) is 2.34. The van der Waals surface area contributed by atoms with Crippen LogP contribution in [-0.2, 0) is 16.1 Å². The summed E-state index contributed by atoms with van der Waals surface area (Å²) in [6.45, 7) is 4.13. The monoisotopic (exact) mass is 326 g/mol. The number of hydrogen-bond acceptors (Lipinski definition) is 7. The molecule has 2 atom stereocenters. The van der Waals surface area contributed by atoms with Crippen molar-refractivity contribution in [2.24, 2.45) is 5.92 Å². The first kappa shape index (κ1) is 18.8. The second kappa shape index (κ2) is 9.70. The lowest BCUT2D eigenvalue weighted by molar-refractivity contribution is -0.149. The molecule has 1 aliphatic heterocycles. The lowest BCUT2D eigenvalue weighted by atomic mass is 9.94. The molecule has 4 N–H and O–H groups in total. The Kier molecular flexibility index (Phi) is 7.92. The van der Waals surface area contributed by atoms with Gasteiger partial charge in [-0.15, -0.1) is 0 Å².